The van der Waals surface area contributed by atoms with Crippen LogP contribution < -0.4 is 19.1 Å². The van der Waals surface area contributed by atoms with E-state index in [1.54, 1.807) is 14.2 Å². The predicted octanol–water partition coefficient (Wildman–Crippen LogP) is 5.04. The van der Waals surface area contributed by atoms with Crippen molar-refractivity contribution in [2.75, 3.05) is 32.3 Å². The monoisotopic (exact) mass is 471 g/mol. The molecule has 0 radical (unpaired) electrons. The minimum Gasteiger partial charge on any atom is -0.495 e. The van der Waals surface area contributed by atoms with Gasteiger partial charge in [-0.3, -0.25) is 4.79 Å². The largest absolute Gasteiger partial charge is 0.495 e. The summed E-state index contributed by atoms with van der Waals surface area (Å²) < 4.78 is 19.1. The summed E-state index contributed by atoms with van der Waals surface area (Å²) in [5, 5.41) is 0. The molecule has 0 saturated carbocycles. The zero-order chi connectivity index (χ0) is 24.2. The fraction of sp³-hybridized carbons (Fsp3) is 0.286. The van der Waals surface area contributed by atoms with Crippen LogP contribution in [0.25, 0.3) is 11.0 Å². The number of benzene rings is 3. The molecule has 0 aliphatic carbocycles. The number of fused-ring (bicyclic) bond motifs is 1. The van der Waals surface area contributed by atoms with Gasteiger partial charge in [0.2, 0.25) is 5.91 Å². The van der Waals surface area contributed by atoms with Gasteiger partial charge in [-0.2, -0.15) is 0 Å². The molecule has 4 aromatic rings. The molecule has 0 N–H and O–H groups in total. The smallest absolute Gasteiger partial charge is 0.227 e. The molecule has 1 unspecified atom stereocenters. The highest BCUT2D eigenvalue weighted by Crippen LogP contribution is 2.37. The fourth-order valence-corrected chi connectivity index (χ4v) is 4.75. The second-order valence-corrected chi connectivity index (χ2v) is 8.54. The highest BCUT2D eigenvalue weighted by atomic mass is 16.5. The number of carbonyl (C=O) groups excluding carboxylic acids is 1. The first kappa shape index (κ1) is 22.8. The van der Waals surface area contributed by atoms with E-state index in [1.807, 2.05) is 71.6 Å². The average molecular weight is 472 g/mol. The SMILES string of the molecule is COc1ccccc1OCCCn1c(C2CC(=O)N(c3ccccc3OC)C2)nc2ccccc21. The molecule has 180 valence electrons. The number of aryl methyl sites for hydroxylation is 1. The number of anilines is 1. The summed E-state index contributed by atoms with van der Waals surface area (Å²) in [5.41, 5.74) is 2.81. The number of hydrogen-bond acceptors (Lipinski definition) is 5. The Morgan fingerprint density at radius 1 is 0.886 bits per heavy atom. The normalized spacial score (nSPS) is 15.5. The number of aromatic nitrogens is 2. The van der Waals surface area contributed by atoms with Gasteiger partial charge in [-0.25, -0.2) is 4.98 Å². The number of nitrogens with zero attached hydrogens (tertiary/aromatic N) is 3. The summed E-state index contributed by atoms with van der Waals surface area (Å²) in [6.07, 6.45) is 1.21. The van der Waals surface area contributed by atoms with Crippen LogP contribution in [0.5, 0.6) is 17.2 Å². The van der Waals surface area contributed by atoms with E-state index in [0.29, 0.717) is 25.3 Å². The van der Waals surface area contributed by atoms with Gasteiger partial charge in [-0.15, -0.1) is 0 Å². The van der Waals surface area contributed by atoms with Crippen LogP contribution >= 0.6 is 0 Å². The number of methoxy groups -OCH3 is 2. The molecule has 1 amide bonds. The predicted molar refractivity (Wildman–Crippen MR) is 136 cm³/mol. The minimum atomic E-state index is -0.00468. The van der Waals surface area contributed by atoms with E-state index in [9.17, 15) is 4.79 Å². The van der Waals surface area contributed by atoms with Gasteiger partial charge in [0.1, 0.15) is 11.6 Å². The van der Waals surface area contributed by atoms with Gasteiger partial charge in [-0.1, -0.05) is 36.4 Å². The molecule has 1 atom stereocenters. The number of rotatable bonds is 9. The van der Waals surface area contributed by atoms with Crippen LogP contribution in [0.1, 0.15) is 24.6 Å². The second-order valence-electron chi connectivity index (χ2n) is 8.54. The van der Waals surface area contributed by atoms with Gasteiger partial charge in [0, 0.05) is 25.4 Å². The van der Waals surface area contributed by atoms with E-state index in [0.717, 1.165) is 47.0 Å². The molecule has 7 heteroatoms. The lowest BCUT2D eigenvalue weighted by Gasteiger charge is -2.20. The maximum absolute atomic E-state index is 13.0. The number of para-hydroxylation sites is 6. The quantitative estimate of drug-likeness (QED) is 0.320. The van der Waals surface area contributed by atoms with E-state index in [4.69, 9.17) is 19.2 Å². The molecule has 1 aliphatic rings. The van der Waals surface area contributed by atoms with Crippen molar-refractivity contribution in [1.29, 1.82) is 0 Å². The Labute approximate surface area is 204 Å². The highest BCUT2D eigenvalue weighted by molar-refractivity contribution is 5.97. The second kappa shape index (κ2) is 10.1. The van der Waals surface area contributed by atoms with Crippen molar-refractivity contribution in [2.24, 2.45) is 0 Å². The number of amides is 1. The summed E-state index contributed by atoms with van der Waals surface area (Å²) in [6.45, 7) is 1.86. The minimum absolute atomic E-state index is 0.00468. The van der Waals surface area contributed by atoms with Crippen molar-refractivity contribution in [1.82, 2.24) is 9.55 Å². The average Bonchev–Trinajstić information content (AvgIpc) is 3.47. The van der Waals surface area contributed by atoms with Gasteiger partial charge in [-0.05, 0) is 42.8 Å². The number of carbonyl (C=O) groups is 1. The van der Waals surface area contributed by atoms with E-state index < -0.39 is 0 Å². The molecule has 1 aromatic heterocycles. The highest BCUT2D eigenvalue weighted by Gasteiger charge is 2.35. The third kappa shape index (κ3) is 4.54. The molecule has 3 aromatic carbocycles. The molecular formula is C28H29N3O4. The summed E-state index contributed by atoms with van der Waals surface area (Å²) >= 11 is 0. The summed E-state index contributed by atoms with van der Waals surface area (Å²) in [4.78, 5) is 19.8. The van der Waals surface area contributed by atoms with Crippen LogP contribution in [0, 0.1) is 0 Å². The van der Waals surface area contributed by atoms with E-state index in [-0.39, 0.29) is 11.8 Å². The third-order valence-electron chi connectivity index (χ3n) is 6.40. The fourth-order valence-electron chi connectivity index (χ4n) is 4.75. The molecule has 1 aliphatic heterocycles. The van der Waals surface area contributed by atoms with Gasteiger partial charge in [0.25, 0.3) is 0 Å². The summed E-state index contributed by atoms with van der Waals surface area (Å²) in [5.74, 6) is 3.17. The first-order chi connectivity index (χ1) is 17.2. The van der Waals surface area contributed by atoms with Crippen molar-refractivity contribution in [3.63, 3.8) is 0 Å². The first-order valence-electron chi connectivity index (χ1n) is 11.8. The first-order valence-corrected chi connectivity index (χ1v) is 11.8. The van der Waals surface area contributed by atoms with Crippen molar-refractivity contribution in [3.05, 3.63) is 78.6 Å². The van der Waals surface area contributed by atoms with Crippen molar-refractivity contribution in [3.8, 4) is 17.2 Å². The number of imidazole rings is 1. The van der Waals surface area contributed by atoms with Gasteiger partial charge < -0.3 is 23.7 Å². The van der Waals surface area contributed by atoms with Crippen LogP contribution in [0.4, 0.5) is 5.69 Å². The Morgan fingerprint density at radius 2 is 1.57 bits per heavy atom. The molecule has 7 nitrogen and oxygen atoms in total. The van der Waals surface area contributed by atoms with Crippen LogP contribution in [-0.4, -0.2) is 42.8 Å². The molecular weight excluding hydrogens is 442 g/mol. The maximum Gasteiger partial charge on any atom is 0.227 e. The molecule has 5 rings (SSSR count). The van der Waals surface area contributed by atoms with Gasteiger partial charge in [0.15, 0.2) is 11.5 Å². The topological polar surface area (TPSA) is 65.8 Å². The van der Waals surface area contributed by atoms with Crippen LogP contribution in [-0.2, 0) is 11.3 Å². The zero-order valence-electron chi connectivity index (χ0n) is 20.0. The lowest BCUT2D eigenvalue weighted by atomic mass is 10.1. The molecule has 2 heterocycles. The molecule has 0 bridgehead atoms. The zero-order valence-corrected chi connectivity index (χ0v) is 20.0. The Hall–Kier alpha value is -4.00. The third-order valence-corrected chi connectivity index (χ3v) is 6.40. The Kier molecular flexibility index (Phi) is 6.57. The lowest BCUT2D eigenvalue weighted by Crippen LogP contribution is -2.25. The Balaban J connectivity index is 1.36. The number of hydrogen-bond donors (Lipinski definition) is 0. The van der Waals surface area contributed by atoms with Crippen LogP contribution in [0.2, 0.25) is 0 Å². The van der Waals surface area contributed by atoms with Crippen molar-refractivity contribution < 1.29 is 19.0 Å². The standard InChI is InChI=1S/C28H29N3O4/c1-33-24-13-6-5-12-23(24)31-19-20(18-27(31)32)28-29-21-10-3-4-11-22(21)30(28)16-9-17-35-26-15-8-7-14-25(26)34-2/h3-8,10-15,20H,9,16-19H2,1-2H3. The van der Waals surface area contributed by atoms with E-state index in [2.05, 4.69) is 10.6 Å². The van der Waals surface area contributed by atoms with Crippen LogP contribution in [0.15, 0.2) is 72.8 Å². The molecule has 35 heavy (non-hydrogen) atoms. The lowest BCUT2D eigenvalue weighted by molar-refractivity contribution is -0.117. The summed E-state index contributed by atoms with van der Waals surface area (Å²) in [6, 6.07) is 23.4. The van der Waals surface area contributed by atoms with Gasteiger partial charge >= 0.3 is 0 Å². The Bertz CT molecular complexity index is 1330. The van der Waals surface area contributed by atoms with E-state index >= 15 is 0 Å². The van der Waals surface area contributed by atoms with Crippen LogP contribution in [0.3, 0.4) is 0 Å². The van der Waals surface area contributed by atoms with Crippen molar-refractivity contribution >= 4 is 22.6 Å². The molecule has 1 fully saturated rings. The van der Waals surface area contributed by atoms with Crippen molar-refractivity contribution in [2.45, 2.75) is 25.3 Å². The Morgan fingerprint density at radius 3 is 2.37 bits per heavy atom. The maximum atomic E-state index is 13.0. The summed E-state index contributed by atoms with van der Waals surface area (Å²) in [7, 11) is 3.27. The molecule has 1 saturated heterocycles. The molecule has 0 spiro atoms. The van der Waals surface area contributed by atoms with E-state index in [1.165, 1.54) is 0 Å². The van der Waals surface area contributed by atoms with Gasteiger partial charge in [0.05, 0.1) is 37.5 Å². The number of ether oxygens (including phenoxy) is 3.